The Labute approximate surface area is 137 Å². The van der Waals surface area contributed by atoms with Crippen molar-refractivity contribution < 1.29 is 28.6 Å². The van der Waals surface area contributed by atoms with E-state index in [2.05, 4.69) is 0 Å². The van der Waals surface area contributed by atoms with E-state index in [1.54, 1.807) is 24.3 Å². The highest BCUT2D eigenvalue weighted by atomic mass is 19.1. The predicted octanol–water partition coefficient (Wildman–Crippen LogP) is 3.20. The van der Waals surface area contributed by atoms with Gasteiger partial charge in [0, 0.05) is 24.6 Å². The second-order valence-electron chi connectivity index (χ2n) is 4.97. The maximum absolute atomic E-state index is 13.6. The van der Waals surface area contributed by atoms with E-state index < -0.39 is 29.6 Å². The fourth-order valence-electron chi connectivity index (χ4n) is 1.94. The Balaban J connectivity index is 0.000000648. The molecule has 0 spiro atoms. The van der Waals surface area contributed by atoms with E-state index >= 15 is 0 Å². The second kappa shape index (κ2) is 8.73. The average molecular weight is 337 g/mol. The standard InChI is InChI=1S/C15H13F2NO2.C2H4O2/c16-11-5-6-12(13(17)7-11)9-1-3-10(4-2-9)14(18)8-15(19)20;1-2(3)4/h1-7,14H,8,18H2,(H,19,20);1H3,(H,3,4). The molecule has 2 aromatic carbocycles. The van der Waals surface area contributed by atoms with Crippen LogP contribution in [0.4, 0.5) is 8.78 Å². The van der Waals surface area contributed by atoms with Crippen LogP contribution in [0, 0.1) is 11.6 Å². The van der Waals surface area contributed by atoms with Crippen molar-refractivity contribution in [2.24, 2.45) is 5.73 Å². The molecule has 2 rings (SSSR count). The summed E-state index contributed by atoms with van der Waals surface area (Å²) in [7, 11) is 0. The molecule has 0 radical (unpaired) electrons. The molecule has 0 aromatic heterocycles. The molecule has 0 bridgehead atoms. The summed E-state index contributed by atoms with van der Waals surface area (Å²) in [6, 6.07) is 9.30. The topological polar surface area (TPSA) is 101 Å². The van der Waals surface area contributed by atoms with Crippen molar-refractivity contribution >= 4 is 11.9 Å². The minimum Gasteiger partial charge on any atom is -0.481 e. The van der Waals surface area contributed by atoms with Gasteiger partial charge in [-0.15, -0.1) is 0 Å². The number of halogens is 2. The predicted molar refractivity (Wildman–Crippen MR) is 84.3 cm³/mol. The maximum atomic E-state index is 13.6. The first-order chi connectivity index (χ1) is 11.2. The third kappa shape index (κ3) is 6.13. The average Bonchev–Trinajstić information content (AvgIpc) is 2.46. The summed E-state index contributed by atoms with van der Waals surface area (Å²) < 4.78 is 26.5. The van der Waals surface area contributed by atoms with Crippen LogP contribution in [0.5, 0.6) is 0 Å². The van der Waals surface area contributed by atoms with Crippen LogP contribution >= 0.6 is 0 Å². The number of benzene rings is 2. The lowest BCUT2D eigenvalue weighted by Crippen LogP contribution is -2.14. The van der Waals surface area contributed by atoms with Crippen LogP contribution in [-0.2, 0) is 9.59 Å². The van der Waals surface area contributed by atoms with E-state index in [0.717, 1.165) is 13.0 Å². The maximum Gasteiger partial charge on any atom is 0.305 e. The fourth-order valence-corrected chi connectivity index (χ4v) is 1.94. The highest BCUT2D eigenvalue weighted by Crippen LogP contribution is 2.25. The van der Waals surface area contributed by atoms with Crippen molar-refractivity contribution in [1.82, 2.24) is 0 Å². The minimum atomic E-state index is -0.980. The number of rotatable bonds is 4. The van der Waals surface area contributed by atoms with Gasteiger partial charge in [0.15, 0.2) is 0 Å². The largest absolute Gasteiger partial charge is 0.481 e. The van der Waals surface area contributed by atoms with Crippen molar-refractivity contribution in [3.05, 3.63) is 59.7 Å². The Hall–Kier alpha value is -2.80. The highest BCUT2D eigenvalue weighted by molar-refractivity contribution is 5.68. The summed E-state index contributed by atoms with van der Waals surface area (Å²) in [6.45, 7) is 1.08. The number of hydrogen-bond acceptors (Lipinski definition) is 3. The zero-order chi connectivity index (χ0) is 18.3. The number of aliphatic carboxylic acids is 2. The summed E-state index contributed by atoms with van der Waals surface area (Å²) in [5, 5.41) is 16.1. The lowest BCUT2D eigenvalue weighted by atomic mass is 9.99. The smallest absolute Gasteiger partial charge is 0.305 e. The Bertz CT molecular complexity index is 713. The van der Waals surface area contributed by atoms with E-state index in [-0.39, 0.29) is 12.0 Å². The van der Waals surface area contributed by atoms with Crippen molar-refractivity contribution in [1.29, 1.82) is 0 Å². The van der Waals surface area contributed by atoms with Crippen LogP contribution in [0.25, 0.3) is 11.1 Å². The van der Waals surface area contributed by atoms with Gasteiger partial charge in [-0.25, -0.2) is 8.78 Å². The molecule has 0 amide bonds. The van der Waals surface area contributed by atoms with Crippen LogP contribution in [0.2, 0.25) is 0 Å². The molecule has 7 heteroatoms. The molecule has 24 heavy (non-hydrogen) atoms. The molecular weight excluding hydrogens is 320 g/mol. The van der Waals surface area contributed by atoms with E-state index in [1.807, 2.05) is 0 Å². The summed E-state index contributed by atoms with van der Waals surface area (Å²) in [6.07, 6.45) is -0.176. The molecule has 0 fully saturated rings. The van der Waals surface area contributed by atoms with E-state index in [9.17, 15) is 13.6 Å². The Morgan fingerprint density at radius 2 is 1.62 bits per heavy atom. The molecule has 2 aromatic rings. The quantitative estimate of drug-likeness (QED) is 0.795. The molecule has 5 nitrogen and oxygen atoms in total. The van der Waals surface area contributed by atoms with E-state index in [1.165, 1.54) is 12.1 Å². The molecule has 0 aliphatic rings. The molecule has 1 atom stereocenters. The second-order valence-corrected chi connectivity index (χ2v) is 4.97. The molecule has 0 saturated heterocycles. The Kier molecular flexibility index (Phi) is 7.00. The zero-order valence-electron chi connectivity index (χ0n) is 12.9. The monoisotopic (exact) mass is 337 g/mol. The van der Waals surface area contributed by atoms with Crippen LogP contribution in [0.3, 0.4) is 0 Å². The van der Waals surface area contributed by atoms with Crippen molar-refractivity contribution in [2.45, 2.75) is 19.4 Å². The minimum absolute atomic E-state index is 0.176. The normalized spacial score (nSPS) is 11.2. The van der Waals surface area contributed by atoms with Crippen molar-refractivity contribution in [2.75, 3.05) is 0 Å². The highest BCUT2D eigenvalue weighted by Gasteiger charge is 2.11. The van der Waals surface area contributed by atoms with Gasteiger partial charge < -0.3 is 15.9 Å². The summed E-state index contributed by atoms with van der Waals surface area (Å²) in [5.41, 5.74) is 7.24. The number of nitrogens with two attached hydrogens (primary N) is 1. The summed E-state index contributed by atoms with van der Waals surface area (Å²) in [5.74, 6) is -3.09. The molecule has 0 aliphatic carbocycles. The van der Waals surface area contributed by atoms with Gasteiger partial charge in [0.05, 0.1) is 6.42 Å². The molecule has 0 saturated carbocycles. The molecule has 0 heterocycles. The first kappa shape index (κ1) is 19.2. The lowest BCUT2D eigenvalue weighted by Gasteiger charge is -2.10. The van der Waals surface area contributed by atoms with Gasteiger partial charge in [-0.3, -0.25) is 9.59 Å². The van der Waals surface area contributed by atoms with Gasteiger partial charge >= 0.3 is 5.97 Å². The van der Waals surface area contributed by atoms with Crippen molar-refractivity contribution in [3.63, 3.8) is 0 Å². The van der Waals surface area contributed by atoms with Gasteiger partial charge in [0.1, 0.15) is 11.6 Å². The first-order valence-corrected chi connectivity index (χ1v) is 6.93. The molecule has 0 aliphatic heterocycles. The van der Waals surface area contributed by atoms with Gasteiger partial charge in [0.25, 0.3) is 5.97 Å². The Morgan fingerprint density at radius 1 is 1.08 bits per heavy atom. The lowest BCUT2D eigenvalue weighted by molar-refractivity contribution is -0.137. The van der Waals surface area contributed by atoms with Crippen LogP contribution in [0.15, 0.2) is 42.5 Å². The van der Waals surface area contributed by atoms with E-state index in [4.69, 9.17) is 20.7 Å². The van der Waals surface area contributed by atoms with Crippen LogP contribution in [-0.4, -0.2) is 22.2 Å². The van der Waals surface area contributed by atoms with Crippen LogP contribution < -0.4 is 5.73 Å². The van der Waals surface area contributed by atoms with Crippen LogP contribution in [0.1, 0.15) is 24.9 Å². The molecule has 4 N–H and O–H groups in total. The van der Waals surface area contributed by atoms with Gasteiger partial charge in [-0.1, -0.05) is 24.3 Å². The summed E-state index contributed by atoms with van der Waals surface area (Å²) in [4.78, 5) is 19.6. The van der Waals surface area contributed by atoms with Gasteiger partial charge in [-0.05, 0) is 23.3 Å². The third-order valence-corrected chi connectivity index (χ3v) is 2.98. The fraction of sp³-hybridized carbons (Fsp3) is 0.176. The van der Waals surface area contributed by atoms with Gasteiger partial charge in [-0.2, -0.15) is 0 Å². The molecule has 1 unspecified atom stereocenters. The molecular formula is C17H17F2NO4. The number of hydrogen-bond donors (Lipinski definition) is 3. The number of carbonyl (C=O) groups is 2. The number of carboxylic acids is 2. The third-order valence-electron chi connectivity index (χ3n) is 2.98. The van der Waals surface area contributed by atoms with Crippen molar-refractivity contribution in [3.8, 4) is 11.1 Å². The number of carboxylic acid groups (broad SMARTS) is 2. The Morgan fingerprint density at radius 3 is 2.08 bits per heavy atom. The zero-order valence-corrected chi connectivity index (χ0v) is 12.9. The first-order valence-electron chi connectivity index (χ1n) is 6.93. The van der Waals surface area contributed by atoms with Gasteiger partial charge in [0.2, 0.25) is 0 Å². The SMILES string of the molecule is CC(=O)O.NC(CC(=O)O)c1ccc(-c2ccc(F)cc2F)cc1. The van der Waals surface area contributed by atoms with E-state index in [0.29, 0.717) is 11.1 Å². The molecule has 128 valence electrons. The summed E-state index contributed by atoms with van der Waals surface area (Å²) >= 11 is 0.